The summed E-state index contributed by atoms with van der Waals surface area (Å²) in [5.74, 6) is 0.0450. The van der Waals surface area contributed by atoms with Crippen molar-refractivity contribution in [2.75, 3.05) is 12.4 Å². The van der Waals surface area contributed by atoms with Crippen LogP contribution in [-0.4, -0.2) is 29.1 Å². The summed E-state index contributed by atoms with van der Waals surface area (Å²) in [6, 6.07) is 1.40. The summed E-state index contributed by atoms with van der Waals surface area (Å²) in [5, 5.41) is 3.21. The number of carbonyl (C=O) groups is 1. The third-order valence-electron chi connectivity index (χ3n) is 3.10. The van der Waals surface area contributed by atoms with Gasteiger partial charge >= 0.3 is 5.97 Å². The number of nitrogens with two attached hydrogens (primary N) is 1. The van der Waals surface area contributed by atoms with Crippen molar-refractivity contribution in [2.45, 2.75) is 40.2 Å². The zero-order valence-corrected chi connectivity index (χ0v) is 14.0. The highest BCUT2D eigenvalue weighted by Gasteiger charge is 2.22. The van der Waals surface area contributed by atoms with E-state index in [9.17, 15) is 4.79 Å². The lowest BCUT2D eigenvalue weighted by Gasteiger charge is -2.22. The van der Waals surface area contributed by atoms with Crippen LogP contribution in [0.1, 0.15) is 37.2 Å². The molecule has 0 aliphatic rings. The number of anilines is 1. The summed E-state index contributed by atoms with van der Waals surface area (Å²) < 4.78 is 4.87. The second kappa shape index (κ2) is 7.36. The molecule has 21 heavy (non-hydrogen) atoms. The van der Waals surface area contributed by atoms with Crippen LogP contribution in [0.25, 0.3) is 0 Å². The maximum absolute atomic E-state index is 11.9. The predicted octanol–water partition coefficient (Wildman–Crippen LogP) is 2.33. The highest BCUT2D eigenvalue weighted by molar-refractivity contribution is 7.80. The number of pyridine rings is 1. The molecule has 0 aliphatic heterocycles. The molecular formula is C15H23N3O2S. The second-order valence-electron chi connectivity index (χ2n) is 5.49. The molecule has 0 radical (unpaired) electrons. The molecule has 0 bridgehead atoms. The fourth-order valence-corrected chi connectivity index (χ4v) is 2.53. The SMILES string of the molecule is COC(=O)C(CC(C)C)Nc1cc(C)nc(C)c1C(N)=S. The van der Waals surface area contributed by atoms with E-state index >= 15 is 0 Å². The summed E-state index contributed by atoms with van der Waals surface area (Å²) in [7, 11) is 1.38. The molecule has 0 saturated heterocycles. The number of rotatable bonds is 6. The van der Waals surface area contributed by atoms with Gasteiger partial charge in [0.1, 0.15) is 11.0 Å². The van der Waals surface area contributed by atoms with Gasteiger partial charge in [0.05, 0.1) is 12.7 Å². The Morgan fingerprint density at radius 1 is 1.48 bits per heavy atom. The Labute approximate surface area is 131 Å². The van der Waals surface area contributed by atoms with E-state index in [0.717, 1.165) is 17.1 Å². The van der Waals surface area contributed by atoms with Gasteiger partial charge in [0.15, 0.2) is 0 Å². The largest absolute Gasteiger partial charge is 0.467 e. The molecule has 1 rings (SSSR count). The van der Waals surface area contributed by atoms with Crippen LogP contribution in [-0.2, 0) is 9.53 Å². The molecule has 5 nitrogen and oxygen atoms in total. The lowest BCUT2D eigenvalue weighted by molar-refractivity contribution is -0.141. The normalized spacial score (nSPS) is 12.1. The van der Waals surface area contributed by atoms with E-state index in [1.54, 1.807) is 0 Å². The molecule has 6 heteroatoms. The maximum Gasteiger partial charge on any atom is 0.328 e. The third-order valence-corrected chi connectivity index (χ3v) is 3.30. The lowest BCUT2D eigenvalue weighted by atomic mass is 10.0. The molecule has 0 aliphatic carbocycles. The number of aromatic nitrogens is 1. The van der Waals surface area contributed by atoms with Crippen molar-refractivity contribution < 1.29 is 9.53 Å². The van der Waals surface area contributed by atoms with E-state index < -0.39 is 6.04 Å². The number of nitrogens with one attached hydrogen (secondary N) is 1. The molecule has 1 aromatic rings. The molecular weight excluding hydrogens is 286 g/mol. The van der Waals surface area contributed by atoms with E-state index in [1.807, 2.05) is 19.9 Å². The number of carbonyl (C=O) groups excluding carboxylic acids is 1. The minimum atomic E-state index is -0.440. The van der Waals surface area contributed by atoms with Gasteiger partial charge in [-0.15, -0.1) is 0 Å². The minimum Gasteiger partial charge on any atom is -0.467 e. The zero-order chi connectivity index (χ0) is 16.2. The first-order valence-corrected chi connectivity index (χ1v) is 7.29. The predicted molar refractivity (Wildman–Crippen MR) is 88.5 cm³/mol. The summed E-state index contributed by atoms with van der Waals surface area (Å²) in [6.45, 7) is 7.84. The van der Waals surface area contributed by atoms with Crippen LogP contribution in [0.4, 0.5) is 5.69 Å². The highest BCUT2D eigenvalue weighted by Crippen LogP contribution is 2.22. The van der Waals surface area contributed by atoms with Gasteiger partial charge in [-0.3, -0.25) is 4.98 Å². The van der Waals surface area contributed by atoms with Gasteiger partial charge in [0.25, 0.3) is 0 Å². The molecule has 0 spiro atoms. The standard InChI is InChI=1S/C15H23N3O2S/c1-8(2)6-12(15(19)20-5)18-11-7-9(3)17-10(4)13(11)14(16)21/h7-8,12H,6H2,1-5H3,(H2,16,21)(H,17,18). The summed E-state index contributed by atoms with van der Waals surface area (Å²) in [6.07, 6.45) is 0.657. The average Bonchev–Trinajstić information content (AvgIpc) is 2.35. The molecule has 0 saturated carbocycles. The Hall–Kier alpha value is -1.69. The third kappa shape index (κ3) is 4.67. The molecule has 0 amide bonds. The van der Waals surface area contributed by atoms with Crippen molar-refractivity contribution in [3.05, 3.63) is 23.0 Å². The van der Waals surface area contributed by atoms with Crippen LogP contribution in [0, 0.1) is 19.8 Å². The Balaban J connectivity index is 3.19. The number of nitrogens with zero attached hydrogens (tertiary/aromatic N) is 1. The molecule has 1 heterocycles. The van der Waals surface area contributed by atoms with E-state index in [1.165, 1.54) is 7.11 Å². The van der Waals surface area contributed by atoms with E-state index in [2.05, 4.69) is 24.1 Å². The smallest absolute Gasteiger partial charge is 0.328 e. The van der Waals surface area contributed by atoms with E-state index in [-0.39, 0.29) is 11.0 Å². The van der Waals surface area contributed by atoms with Crippen LogP contribution in [0.15, 0.2) is 6.07 Å². The lowest BCUT2D eigenvalue weighted by Crippen LogP contribution is -2.33. The van der Waals surface area contributed by atoms with Crippen LogP contribution >= 0.6 is 12.2 Å². The first-order valence-electron chi connectivity index (χ1n) is 6.88. The van der Waals surface area contributed by atoms with Crippen LogP contribution < -0.4 is 11.1 Å². The Bertz CT molecular complexity index is 544. The van der Waals surface area contributed by atoms with Crippen molar-refractivity contribution in [1.82, 2.24) is 4.98 Å². The van der Waals surface area contributed by atoms with Crippen LogP contribution in [0.2, 0.25) is 0 Å². The summed E-state index contributed by atoms with van der Waals surface area (Å²) in [5.41, 5.74) is 8.77. The second-order valence-corrected chi connectivity index (χ2v) is 5.93. The maximum atomic E-state index is 11.9. The molecule has 116 valence electrons. The Morgan fingerprint density at radius 2 is 2.10 bits per heavy atom. The summed E-state index contributed by atoms with van der Waals surface area (Å²) >= 11 is 5.10. The van der Waals surface area contributed by atoms with E-state index in [0.29, 0.717) is 17.9 Å². The van der Waals surface area contributed by atoms with Crippen LogP contribution in [0.3, 0.4) is 0 Å². The Kier molecular flexibility index (Phi) is 6.08. The number of ether oxygens (including phenoxy) is 1. The van der Waals surface area contributed by atoms with Gasteiger partial charge in [-0.1, -0.05) is 26.1 Å². The summed E-state index contributed by atoms with van der Waals surface area (Å²) in [4.78, 5) is 16.6. The van der Waals surface area contributed by atoms with Gasteiger partial charge in [-0.25, -0.2) is 4.79 Å². The van der Waals surface area contributed by atoms with Gasteiger partial charge < -0.3 is 15.8 Å². The number of hydrogen-bond acceptors (Lipinski definition) is 5. The first kappa shape index (κ1) is 17.4. The molecule has 1 unspecified atom stereocenters. The highest BCUT2D eigenvalue weighted by atomic mass is 32.1. The van der Waals surface area contributed by atoms with Crippen LogP contribution in [0.5, 0.6) is 0 Å². The van der Waals surface area contributed by atoms with Crippen molar-refractivity contribution >= 4 is 28.9 Å². The molecule has 0 fully saturated rings. The first-order chi connectivity index (χ1) is 9.76. The molecule has 1 aromatic heterocycles. The van der Waals surface area contributed by atoms with Crippen molar-refractivity contribution in [2.24, 2.45) is 11.7 Å². The Morgan fingerprint density at radius 3 is 2.57 bits per heavy atom. The molecule has 1 atom stereocenters. The number of esters is 1. The van der Waals surface area contributed by atoms with Crippen molar-refractivity contribution in [1.29, 1.82) is 0 Å². The van der Waals surface area contributed by atoms with Gasteiger partial charge in [-0.2, -0.15) is 0 Å². The number of thiocarbonyl (C=S) groups is 1. The van der Waals surface area contributed by atoms with Gasteiger partial charge in [0, 0.05) is 17.1 Å². The number of methoxy groups -OCH3 is 1. The molecule has 0 aromatic carbocycles. The number of hydrogen-bond donors (Lipinski definition) is 2. The van der Waals surface area contributed by atoms with Gasteiger partial charge in [0.2, 0.25) is 0 Å². The van der Waals surface area contributed by atoms with Crippen molar-refractivity contribution in [3.8, 4) is 0 Å². The fourth-order valence-electron chi connectivity index (χ4n) is 2.27. The zero-order valence-electron chi connectivity index (χ0n) is 13.2. The number of aryl methyl sites for hydroxylation is 2. The quantitative estimate of drug-likeness (QED) is 0.620. The monoisotopic (exact) mass is 309 g/mol. The average molecular weight is 309 g/mol. The van der Waals surface area contributed by atoms with Gasteiger partial charge in [-0.05, 0) is 32.3 Å². The molecule has 3 N–H and O–H groups in total. The minimum absolute atomic E-state index is 0.260. The fraction of sp³-hybridized carbons (Fsp3) is 0.533. The van der Waals surface area contributed by atoms with Crippen molar-refractivity contribution in [3.63, 3.8) is 0 Å². The van der Waals surface area contributed by atoms with E-state index in [4.69, 9.17) is 22.7 Å². The topological polar surface area (TPSA) is 77.2 Å².